The molecule has 42 heavy (non-hydrogen) atoms. The summed E-state index contributed by atoms with van der Waals surface area (Å²) in [5, 5.41) is 15.5. The molecule has 1 fully saturated rings. The van der Waals surface area contributed by atoms with Crippen LogP contribution in [0.2, 0.25) is 0 Å². The molecule has 0 bridgehead atoms. The van der Waals surface area contributed by atoms with Gasteiger partial charge in [-0.3, -0.25) is 20.5 Å². The zero-order valence-corrected chi connectivity index (χ0v) is 23.1. The van der Waals surface area contributed by atoms with Crippen LogP contribution in [0.3, 0.4) is 0 Å². The third-order valence-electron chi connectivity index (χ3n) is 6.27. The van der Waals surface area contributed by atoms with E-state index in [1.807, 2.05) is 0 Å². The number of carbonyl (C=O) groups excluding carboxylic acids is 3. The molecule has 16 heteroatoms. The fraction of sp³-hybridized carbons (Fsp3) is 0.346. The van der Waals surface area contributed by atoms with Crippen LogP contribution in [0.15, 0.2) is 30.7 Å². The largest absolute Gasteiger partial charge is 0.435 e. The first kappa shape index (κ1) is 30.4. The smallest absolute Gasteiger partial charge is 0.391 e. The molecular formula is C26H27F3N8O4S. The third kappa shape index (κ3) is 7.37. The van der Waals surface area contributed by atoms with Crippen molar-refractivity contribution in [3.8, 4) is 21.7 Å². The summed E-state index contributed by atoms with van der Waals surface area (Å²) in [7, 11) is 0. The quantitative estimate of drug-likeness (QED) is 0.187. The van der Waals surface area contributed by atoms with Crippen LogP contribution in [0.4, 0.5) is 28.6 Å². The van der Waals surface area contributed by atoms with Gasteiger partial charge in [-0.05, 0) is 31.9 Å². The van der Waals surface area contributed by atoms with Gasteiger partial charge in [0.15, 0.2) is 5.69 Å². The molecule has 4 amide bonds. The Morgan fingerprint density at radius 1 is 1.12 bits per heavy atom. The van der Waals surface area contributed by atoms with Gasteiger partial charge >= 0.3 is 18.3 Å². The number of anilines is 1. The molecule has 0 unspecified atom stereocenters. The Morgan fingerprint density at radius 2 is 1.86 bits per heavy atom. The average molecular weight is 605 g/mol. The van der Waals surface area contributed by atoms with Crippen molar-refractivity contribution in [2.45, 2.75) is 51.2 Å². The van der Waals surface area contributed by atoms with E-state index in [1.54, 1.807) is 6.92 Å². The van der Waals surface area contributed by atoms with E-state index >= 15 is 0 Å². The first-order valence-electron chi connectivity index (χ1n) is 12.9. The number of halogens is 3. The van der Waals surface area contributed by atoms with Gasteiger partial charge in [0.05, 0.1) is 5.56 Å². The van der Waals surface area contributed by atoms with Gasteiger partial charge < -0.3 is 21.1 Å². The molecule has 0 atom stereocenters. The van der Waals surface area contributed by atoms with Gasteiger partial charge in [0.25, 0.3) is 5.91 Å². The van der Waals surface area contributed by atoms with Crippen molar-refractivity contribution in [3.63, 3.8) is 0 Å². The Labute approximate surface area is 241 Å². The summed E-state index contributed by atoms with van der Waals surface area (Å²) in [4.78, 5) is 47.8. The Balaban J connectivity index is 1.82. The molecule has 3 aromatic heterocycles. The summed E-state index contributed by atoms with van der Waals surface area (Å²) in [6, 6.07) is 1.90. The van der Waals surface area contributed by atoms with E-state index in [9.17, 15) is 27.6 Å². The van der Waals surface area contributed by atoms with Gasteiger partial charge in [0.1, 0.15) is 15.7 Å². The van der Waals surface area contributed by atoms with Crippen LogP contribution in [0.1, 0.15) is 60.0 Å². The van der Waals surface area contributed by atoms with Crippen LogP contribution < -0.4 is 21.7 Å². The third-order valence-corrected chi connectivity index (χ3v) is 7.36. The normalized spacial score (nSPS) is 13.7. The van der Waals surface area contributed by atoms with Crippen molar-refractivity contribution in [3.05, 3.63) is 46.9 Å². The van der Waals surface area contributed by atoms with Crippen molar-refractivity contribution < 1.29 is 32.3 Å². The number of hydrogen-bond donors (Lipinski definition) is 5. The molecule has 3 heterocycles. The Kier molecular flexibility index (Phi) is 9.35. The monoisotopic (exact) mass is 604 g/mol. The second kappa shape index (κ2) is 12.9. The van der Waals surface area contributed by atoms with Crippen molar-refractivity contribution in [1.82, 2.24) is 25.6 Å². The number of pyridine rings is 2. The Bertz CT molecular complexity index is 1500. The minimum atomic E-state index is -4.92. The second-order valence-electron chi connectivity index (χ2n) is 9.31. The van der Waals surface area contributed by atoms with Gasteiger partial charge in [-0.25, -0.2) is 19.6 Å². The number of carbonyl (C=O) groups is 3. The highest BCUT2D eigenvalue weighted by Gasteiger charge is 2.40. The molecule has 0 aromatic carbocycles. The average Bonchev–Trinajstić information content (AvgIpc) is 3.40. The van der Waals surface area contributed by atoms with E-state index in [2.05, 4.69) is 35.6 Å². The van der Waals surface area contributed by atoms with Crippen molar-refractivity contribution in [2.24, 2.45) is 5.73 Å². The number of hydrogen-bond acceptors (Lipinski definition) is 9. The first-order chi connectivity index (χ1) is 20.0. The summed E-state index contributed by atoms with van der Waals surface area (Å²) in [5.74, 6) is -1.46. The second-order valence-corrected chi connectivity index (χ2v) is 10.3. The maximum atomic E-state index is 14.1. The molecule has 0 radical (unpaired) electrons. The maximum absolute atomic E-state index is 14.1. The van der Waals surface area contributed by atoms with Gasteiger partial charge in [-0.2, -0.15) is 13.2 Å². The van der Waals surface area contributed by atoms with Crippen molar-refractivity contribution in [2.75, 3.05) is 11.9 Å². The Hall–Kier alpha value is -4.60. The molecule has 1 aliphatic rings. The number of ether oxygens (including phenoxy) is 1. The molecule has 0 saturated heterocycles. The summed E-state index contributed by atoms with van der Waals surface area (Å²) in [6.45, 7) is 2.02. The standard InChI is InChI=1S/C26H27F3N8O4S/c1-2-33-25(40)36-18-9-16(17(12-34-18)13-8-14(11-32-10-13)21(30)41-24(31)39)23-37-20(26(27,28)29)19(42-23)22(38)35-15-6-4-3-5-7-15/h8-12,15,30H,2-7H2,1H3,(H2,31,39)(H,35,38)(H2,33,34,36,40). The van der Waals surface area contributed by atoms with E-state index in [0.29, 0.717) is 30.7 Å². The summed E-state index contributed by atoms with van der Waals surface area (Å²) in [5.41, 5.74) is 4.30. The molecule has 1 aliphatic carbocycles. The predicted molar refractivity (Wildman–Crippen MR) is 148 cm³/mol. The fourth-order valence-electron chi connectivity index (χ4n) is 4.40. The number of nitrogens with zero attached hydrogens (tertiary/aromatic N) is 3. The lowest BCUT2D eigenvalue weighted by Gasteiger charge is -2.22. The molecule has 0 aliphatic heterocycles. The molecule has 3 aromatic rings. The van der Waals surface area contributed by atoms with Crippen molar-refractivity contribution >= 4 is 41.1 Å². The van der Waals surface area contributed by atoms with Gasteiger partial charge in [0.2, 0.25) is 5.90 Å². The zero-order valence-electron chi connectivity index (χ0n) is 22.3. The van der Waals surface area contributed by atoms with E-state index in [1.165, 1.54) is 30.7 Å². The summed E-state index contributed by atoms with van der Waals surface area (Å²) in [6.07, 6.45) is 1.85. The minimum absolute atomic E-state index is 0.00517. The van der Waals surface area contributed by atoms with E-state index < -0.39 is 40.7 Å². The SMILES string of the molecule is CCNC(=O)Nc1cc(-c2nc(C(F)(F)F)c(C(=O)NC3CCCCC3)s2)c(-c2cncc(C(=N)OC(N)=O)c2)cn1. The zero-order chi connectivity index (χ0) is 30.4. The number of urea groups is 1. The first-order valence-corrected chi connectivity index (χ1v) is 13.7. The Morgan fingerprint density at radius 3 is 2.52 bits per heavy atom. The van der Waals surface area contributed by atoms with Gasteiger partial charge in [-0.15, -0.1) is 11.3 Å². The highest BCUT2D eigenvalue weighted by molar-refractivity contribution is 7.17. The van der Waals surface area contributed by atoms with Crippen LogP contribution in [0, 0.1) is 5.41 Å². The number of aromatic nitrogens is 3. The van der Waals surface area contributed by atoms with Crippen LogP contribution in [0.25, 0.3) is 21.7 Å². The lowest BCUT2D eigenvalue weighted by Crippen LogP contribution is -2.36. The van der Waals surface area contributed by atoms with Gasteiger partial charge in [-0.1, -0.05) is 19.3 Å². The number of nitrogens with two attached hydrogens (primary N) is 1. The molecule has 1 saturated carbocycles. The van der Waals surface area contributed by atoms with E-state index in [0.717, 1.165) is 19.3 Å². The van der Waals surface area contributed by atoms with Crippen molar-refractivity contribution in [1.29, 1.82) is 5.41 Å². The summed E-state index contributed by atoms with van der Waals surface area (Å²) < 4.78 is 47.0. The number of primary amides is 1. The van der Waals surface area contributed by atoms with Crippen LogP contribution in [-0.2, 0) is 10.9 Å². The number of alkyl halides is 3. The number of amides is 4. The molecule has 12 nitrogen and oxygen atoms in total. The van der Waals surface area contributed by atoms with Crippen LogP contribution in [-0.4, -0.2) is 51.5 Å². The lowest BCUT2D eigenvalue weighted by molar-refractivity contribution is -0.141. The maximum Gasteiger partial charge on any atom is 0.435 e. The van der Waals surface area contributed by atoms with Crippen LogP contribution >= 0.6 is 11.3 Å². The minimum Gasteiger partial charge on any atom is -0.391 e. The fourth-order valence-corrected chi connectivity index (χ4v) is 5.42. The van der Waals surface area contributed by atoms with E-state index in [-0.39, 0.29) is 39.1 Å². The molecule has 222 valence electrons. The number of rotatable bonds is 7. The summed E-state index contributed by atoms with van der Waals surface area (Å²) >= 11 is 0.554. The number of thiazole rings is 1. The molecule has 4 rings (SSSR count). The highest BCUT2D eigenvalue weighted by Crippen LogP contribution is 2.41. The molecular weight excluding hydrogens is 577 g/mol. The van der Waals surface area contributed by atoms with Crippen LogP contribution in [0.5, 0.6) is 0 Å². The number of nitrogens with one attached hydrogen (secondary N) is 4. The van der Waals surface area contributed by atoms with E-state index in [4.69, 9.17) is 11.1 Å². The lowest BCUT2D eigenvalue weighted by atomic mass is 9.95. The highest BCUT2D eigenvalue weighted by atomic mass is 32.1. The van der Waals surface area contributed by atoms with Gasteiger partial charge in [0, 0.05) is 47.9 Å². The molecule has 0 spiro atoms. The topological polar surface area (TPSA) is 185 Å². The molecule has 6 N–H and O–H groups in total. The predicted octanol–water partition coefficient (Wildman–Crippen LogP) is 4.91.